The number of carboxylic acid groups (broad SMARTS) is 1. The lowest BCUT2D eigenvalue weighted by atomic mass is 9.98. The van der Waals surface area contributed by atoms with Crippen molar-refractivity contribution in [2.24, 2.45) is 0 Å². The van der Waals surface area contributed by atoms with Gasteiger partial charge in [-0.15, -0.1) is 0 Å². The molecule has 0 bridgehead atoms. The van der Waals surface area contributed by atoms with Crippen LogP contribution in [0.25, 0.3) is 11.1 Å². The maximum Gasteiger partial charge on any atom is 0.407 e. The molecule has 2 heterocycles. The number of amides is 1. The van der Waals surface area contributed by atoms with Gasteiger partial charge in [-0.05, 0) is 49.9 Å². The van der Waals surface area contributed by atoms with Crippen LogP contribution in [0.15, 0.2) is 48.5 Å². The van der Waals surface area contributed by atoms with E-state index in [9.17, 15) is 14.7 Å². The molecule has 0 spiro atoms. The van der Waals surface area contributed by atoms with Gasteiger partial charge in [-0.2, -0.15) is 0 Å². The normalized spacial score (nSPS) is 26.7. The van der Waals surface area contributed by atoms with Gasteiger partial charge in [-0.1, -0.05) is 48.5 Å². The van der Waals surface area contributed by atoms with Crippen molar-refractivity contribution < 1.29 is 38.4 Å². The quantitative estimate of drug-likeness (QED) is 0.622. The summed E-state index contributed by atoms with van der Waals surface area (Å²) in [6.07, 6.45) is -3.18. The van der Waals surface area contributed by atoms with Crippen LogP contribution in [-0.4, -0.2) is 66.3 Å². The molecule has 9 nitrogen and oxygen atoms in total. The predicted octanol–water partition coefficient (Wildman–Crippen LogP) is 3.65. The van der Waals surface area contributed by atoms with Crippen LogP contribution in [0.3, 0.4) is 0 Å². The zero-order valence-corrected chi connectivity index (χ0v) is 20.7. The molecule has 0 aromatic heterocycles. The maximum absolute atomic E-state index is 12.8. The molecule has 0 unspecified atom stereocenters. The Labute approximate surface area is 209 Å². The molecular formula is C27H31NO8. The van der Waals surface area contributed by atoms with E-state index in [1.54, 1.807) is 27.7 Å². The Balaban J connectivity index is 1.29. The van der Waals surface area contributed by atoms with Crippen LogP contribution in [0.1, 0.15) is 44.7 Å². The van der Waals surface area contributed by atoms with Gasteiger partial charge < -0.3 is 34.1 Å². The number of hydrogen-bond donors (Lipinski definition) is 2. The highest BCUT2D eigenvalue weighted by Gasteiger charge is 2.54. The highest BCUT2D eigenvalue weighted by molar-refractivity contribution is 5.81. The van der Waals surface area contributed by atoms with Crippen LogP contribution in [0.4, 0.5) is 4.79 Å². The summed E-state index contributed by atoms with van der Waals surface area (Å²) in [5.74, 6) is -3.31. The number of fused-ring (bicyclic) bond motifs is 3. The molecule has 9 heteroatoms. The first-order chi connectivity index (χ1) is 17.0. The second-order valence-corrected chi connectivity index (χ2v) is 10.2. The van der Waals surface area contributed by atoms with Gasteiger partial charge in [0.2, 0.25) is 0 Å². The summed E-state index contributed by atoms with van der Waals surface area (Å²) in [5.41, 5.74) is 4.34. The van der Waals surface area contributed by atoms with E-state index >= 15 is 0 Å². The van der Waals surface area contributed by atoms with Crippen LogP contribution in [0.5, 0.6) is 0 Å². The van der Waals surface area contributed by atoms with E-state index in [-0.39, 0.29) is 19.1 Å². The fraction of sp³-hybridized carbons (Fsp3) is 0.481. The zero-order chi connectivity index (χ0) is 25.7. The SMILES string of the molecule is CC1(C)O[C@H]([C@H](NC(=O)OCC2c3ccccc3-c3ccccc32)C(=O)O)[C@@H]([C@H]2COC(C)(C)O2)O1. The van der Waals surface area contributed by atoms with Crippen molar-refractivity contribution in [3.63, 3.8) is 0 Å². The third-order valence-corrected chi connectivity index (χ3v) is 6.77. The number of nitrogens with one attached hydrogen (secondary N) is 1. The standard InChI is InChI=1S/C27H31NO8/c1-26(2)33-14-20(34-26)22-23(36-27(3,4)35-22)21(24(29)30)28-25(31)32-13-19-17-11-7-5-9-15(17)16-10-6-8-12-18(16)19/h5-12,19-23H,13-14H2,1-4H3,(H,28,31)(H,29,30)/t20-,21+,22-,23-/m1/s1. The Morgan fingerprint density at radius 1 is 0.972 bits per heavy atom. The monoisotopic (exact) mass is 497 g/mol. The first-order valence-electron chi connectivity index (χ1n) is 12.1. The number of carboxylic acids is 1. The van der Waals surface area contributed by atoms with E-state index in [0.717, 1.165) is 22.3 Å². The first kappa shape index (κ1) is 24.7. The minimum atomic E-state index is -1.42. The molecule has 5 rings (SSSR count). The highest BCUT2D eigenvalue weighted by Crippen LogP contribution is 2.44. The highest BCUT2D eigenvalue weighted by atomic mass is 16.8. The van der Waals surface area contributed by atoms with Crippen molar-refractivity contribution in [3.05, 3.63) is 59.7 Å². The molecule has 2 fully saturated rings. The molecule has 1 aliphatic carbocycles. The van der Waals surface area contributed by atoms with Crippen molar-refractivity contribution in [2.75, 3.05) is 13.2 Å². The minimum absolute atomic E-state index is 0.0664. The van der Waals surface area contributed by atoms with Gasteiger partial charge in [0.05, 0.1) is 6.61 Å². The van der Waals surface area contributed by atoms with Gasteiger partial charge in [0.1, 0.15) is 24.9 Å². The van der Waals surface area contributed by atoms with Crippen molar-refractivity contribution in [3.8, 4) is 11.1 Å². The van der Waals surface area contributed by atoms with Gasteiger partial charge in [-0.25, -0.2) is 9.59 Å². The Morgan fingerprint density at radius 2 is 1.58 bits per heavy atom. The summed E-state index contributed by atoms with van der Waals surface area (Å²) in [7, 11) is 0. The molecule has 4 atom stereocenters. The van der Waals surface area contributed by atoms with E-state index in [0.29, 0.717) is 0 Å². The summed E-state index contributed by atoms with van der Waals surface area (Å²) in [4.78, 5) is 25.1. The maximum atomic E-state index is 12.8. The van der Waals surface area contributed by atoms with E-state index in [1.807, 2.05) is 48.5 Å². The Bertz CT molecular complexity index is 1120. The third kappa shape index (κ3) is 4.71. The van der Waals surface area contributed by atoms with Crippen LogP contribution < -0.4 is 5.32 Å². The lowest BCUT2D eigenvalue weighted by Crippen LogP contribution is -2.55. The number of aliphatic carboxylic acids is 1. The van der Waals surface area contributed by atoms with Gasteiger partial charge in [0.15, 0.2) is 17.6 Å². The van der Waals surface area contributed by atoms with Gasteiger partial charge >= 0.3 is 12.1 Å². The average molecular weight is 498 g/mol. The summed E-state index contributed by atoms with van der Waals surface area (Å²) in [6, 6.07) is 14.6. The molecule has 3 aliphatic rings. The van der Waals surface area contributed by atoms with Crippen LogP contribution in [-0.2, 0) is 28.5 Å². The molecule has 2 N–H and O–H groups in total. The largest absolute Gasteiger partial charge is 0.480 e. The third-order valence-electron chi connectivity index (χ3n) is 6.77. The molecule has 2 aliphatic heterocycles. The van der Waals surface area contributed by atoms with Crippen LogP contribution in [0.2, 0.25) is 0 Å². The molecule has 2 saturated heterocycles. The number of hydrogen-bond acceptors (Lipinski definition) is 7. The van der Waals surface area contributed by atoms with Gasteiger partial charge in [0.25, 0.3) is 0 Å². The molecule has 0 radical (unpaired) electrons. The fourth-order valence-electron chi connectivity index (χ4n) is 5.29. The number of benzene rings is 2. The number of ether oxygens (including phenoxy) is 5. The topological polar surface area (TPSA) is 113 Å². The van der Waals surface area contributed by atoms with Crippen LogP contribution in [0, 0.1) is 0 Å². The molecule has 2 aromatic carbocycles. The second-order valence-electron chi connectivity index (χ2n) is 10.2. The summed E-state index contributed by atoms with van der Waals surface area (Å²) >= 11 is 0. The number of carbonyl (C=O) groups excluding carboxylic acids is 1. The Morgan fingerprint density at radius 3 is 2.14 bits per heavy atom. The van der Waals surface area contributed by atoms with Gasteiger partial charge in [-0.3, -0.25) is 0 Å². The molecular weight excluding hydrogens is 466 g/mol. The number of alkyl carbamates (subject to hydrolysis) is 1. The first-order valence-corrected chi connectivity index (χ1v) is 12.1. The van der Waals surface area contributed by atoms with Crippen molar-refractivity contribution in [1.29, 1.82) is 0 Å². The zero-order valence-electron chi connectivity index (χ0n) is 20.7. The molecule has 0 saturated carbocycles. The molecule has 36 heavy (non-hydrogen) atoms. The Hall–Kier alpha value is -2.98. The minimum Gasteiger partial charge on any atom is -0.480 e. The number of rotatable bonds is 6. The van der Waals surface area contributed by atoms with Gasteiger partial charge in [0, 0.05) is 5.92 Å². The van der Waals surface area contributed by atoms with E-state index < -0.39 is 48.0 Å². The molecule has 192 valence electrons. The van der Waals surface area contributed by atoms with Crippen molar-refractivity contribution >= 4 is 12.1 Å². The predicted molar refractivity (Wildman–Crippen MR) is 128 cm³/mol. The smallest absolute Gasteiger partial charge is 0.407 e. The van der Waals surface area contributed by atoms with Crippen LogP contribution >= 0.6 is 0 Å². The fourth-order valence-corrected chi connectivity index (χ4v) is 5.29. The van der Waals surface area contributed by atoms with Crippen molar-refractivity contribution in [1.82, 2.24) is 5.32 Å². The second kappa shape index (κ2) is 9.15. The van der Waals surface area contributed by atoms with E-state index in [1.165, 1.54) is 0 Å². The van der Waals surface area contributed by atoms with Crippen molar-refractivity contribution in [2.45, 2.75) is 69.5 Å². The number of carbonyl (C=O) groups is 2. The van der Waals surface area contributed by atoms with E-state index in [2.05, 4.69) is 5.32 Å². The lowest BCUT2D eigenvalue weighted by Gasteiger charge is -2.27. The summed E-state index contributed by atoms with van der Waals surface area (Å²) < 4.78 is 29.0. The molecule has 2 aromatic rings. The van der Waals surface area contributed by atoms with E-state index in [4.69, 9.17) is 23.7 Å². The molecule has 1 amide bonds. The summed E-state index contributed by atoms with van der Waals surface area (Å²) in [5, 5.41) is 12.5. The lowest BCUT2D eigenvalue weighted by molar-refractivity contribution is -0.175. The average Bonchev–Trinajstić information content (AvgIpc) is 3.46. The Kier molecular flexibility index (Phi) is 6.28. The summed E-state index contributed by atoms with van der Waals surface area (Å²) in [6.45, 7) is 7.20.